The molecule has 0 amide bonds. The minimum atomic E-state index is -0.397. The van der Waals surface area contributed by atoms with Gasteiger partial charge in [-0.2, -0.15) is 0 Å². The zero-order valence-corrected chi connectivity index (χ0v) is 12.2. The first-order valence-electron chi connectivity index (χ1n) is 7.23. The molecule has 2 aromatic rings. The number of Topliss-reactive ketones (excluding diaryl/α,β-unsaturated/α-hetero) is 2. The van der Waals surface area contributed by atoms with Crippen molar-refractivity contribution in [2.45, 2.75) is 32.1 Å². The first kappa shape index (κ1) is 15.1. The van der Waals surface area contributed by atoms with Crippen molar-refractivity contribution in [1.82, 2.24) is 4.98 Å². The third-order valence-electron chi connectivity index (χ3n) is 3.46. The second-order valence-corrected chi connectivity index (χ2v) is 5.05. The normalized spacial score (nSPS) is 11.9. The molecule has 3 nitrogen and oxygen atoms in total. The van der Waals surface area contributed by atoms with Crippen molar-refractivity contribution in [3.8, 4) is 0 Å². The number of carbonyl (C=O) groups is 2. The molecule has 0 aliphatic carbocycles. The maximum absolute atomic E-state index is 12.4. The Labute approximate surface area is 125 Å². The molecular weight excluding hydrogens is 262 g/mol. The molecule has 0 aliphatic rings. The van der Waals surface area contributed by atoms with Gasteiger partial charge in [-0.3, -0.25) is 14.6 Å². The van der Waals surface area contributed by atoms with Crippen LogP contribution in [0.25, 0.3) is 0 Å². The lowest BCUT2D eigenvalue weighted by Gasteiger charge is -2.15. The number of aromatic nitrogens is 1. The molecule has 21 heavy (non-hydrogen) atoms. The predicted molar refractivity (Wildman–Crippen MR) is 82.3 cm³/mol. The Kier molecular flexibility index (Phi) is 5.38. The summed E-state index contributed by atoms with van der Waals surface area (Å²) in [6.07, 6.45) is 4.83. The Morgan fingerprint density at radius 2 is 1.86 bits per heavy atom. The summed E-state index contributed by atoms with van der Waals surface area (Å²) in [6.45, 7) is 1.97. The van der Waals surface area contributed by atoms with Crippen LogP contribution in [-0.4, -0.2) is 16.6 Å². The van der Waals surface area contributed by atoms with Gasteiger partial charge in [0.2, 0.25) is 0 Å². The summed E-state index contributed by atoms with van der Waals surface area (Å²) in [5.41, 5.74) is 1.47. The van der Waals surface area contributed by atoms with E-state index < -0.39 is 5.92 Å². The lowest BCUT2D eigenvalue weighted by molar-refractivity contribution is -0.120. The van der Waals surface area contributed by atoms with Gasteiger partial charge in [-0.25, -0.2) is 0 Å². The molecule has 1 unspecified atom stereocenters. The summed E-state index contributed by atoms with van der Waals surface area (Å²) < 4.78 is 0. The molecule has 3 heteroatoms. The van der Waals surface area contributed by atoms with Gasteiger partial charge in [0, 0.05) is 30.8 Å². The second-order valence-electron chi connectivity index (χ2n) is 5.05. The number of hydrogen-bond acceptors (Lipinski definition) is 3. The highest BCUT2D eigenvalue weighted by Crippen LogP contribution is 2.24. The molecule has 0 saturated carbocycles. The van der Waals surface area contributed by atoms with Crippen LogP contribution in [-0.2, 0) is 4.79 Å². The van der Waals surface area contributed by atoms with E-state index in [0.717, 1.165) is 12.0 Å². The van der Waals surface area contributed by atoms with E-state index in [1.165, 1.54) is 0 Å². The van der Waals surface area contributed by atoms with Crippen LogP contribution in [0.1, 0.15) is 48.0 Å². The Balaban J connectivity index is 2.20. The van der Waals surface area contributed by atoms with Gasteiger partial charge in [-0.05, 0) is 18.1 Å². The molecular formula is C18H19NO2. The number of nitrogens with zero attached hydrogens (tertiary/aromatic N) is 1. The average Bonchev–Trinajstić information content (AvgIpc) is 2.54. The SMILES string of the molecule is CCCC(=O)C(CC(=O)c1ccccc1)c1cccnc1. The van der Waals surface area contributed by atoms with Crippen molar-refractivity contribution in [1.29, 1.82) is 0 Å². The van der Waals surface area contributed by atoms with Crippen molar-refractivity contribution in [3.63, 3.8) is 0 Å². The van der Waals surface area contributed by atoms with Gasteiger partial charge >= 0.3 is 0 Å². The monoisotopic (exact) mass is 281 g/mol. The van der Waals surface area contributed by atoms with E-state index in [2.05, 4.69) is 4.98 Å². The first-order chi connectivity index (χ1) is 10.2. The van der Waals surface area contributed by atoms with Gasteiger partial charge in [0.15, 0.2) is 5.78 Å². The largest absolute Gasteiger partial charge is 0.299 e. The second kappa shape index (κ2) is 7.48. The standard InChI is InChI=1S/C18H19NO2/c1-2-7-17(20)16(15-10-6-11-19-13-15)12-18(21)14-8-4-3-5-9-14/h3-6,8-11,13,16H,2,7,12H2,1H3. The quantitative estimate of drug-likeness (QED) is 0.725. The van der Waals surface area contributed by atoms with Crippen molar-refractivity contribution in [2.24, 2.45) is 0 Å². The number of carbonyl (C=O) groups excluding carboxylic acids is 2. The fourth-order valence-corrected chi connectivity index (χ4v) is 2.35. The number of hydrogen-bond donors (Lipinski definition) is 0. The zero-order valence-electron chi connectivity index (χ0n) is 12.2. The fourth-order valence-electron chi connectivity index (χ4n) is 2.35. The summed E-state index contributed by atoms with van der Waals surface area (Å²) in [4.78, 5) is 28.8. The van der Waals surface area contributed by atoms with Gasteiger partial charge in [0.1, 0.15) is 5.78 Å². The lowest BCUT2D eigenvalue weighted by Crippen LogP contribution is -2.17. The molecule has 0 bridgehead atoms. The molecule has 1 aromatic carbocycles. The van der Waals surface area contributed by atoms with E-state index in [4.69, 9.17) is 0 Å². The lowest BCUT2D eigenvalue weighted by atomic mass is 9.87. The molecule has 1 heterocycles. The highest BCUT2D eigenvalue weighted by molar-refractivity contribution is 6.00. The van der Waals surface area contributed by atoms with Crippen LogP contribution in [0.3, 0.4) is 0 Å². The smallest absolute Gasteiger partial charge is 0.163 e. The van der Waals surface area contributed by atoms with Crippen LogP contribution in [0.5, 0.6) is 0 Å². The molecule has 0 radical (unpaired) electrons. The van der Waals surface area contributed by atoms with Crippen LogP contribution < -0.4 is 0 Å². The highest BCUT2D eigenvalue weighted by atomic mass is 16.1. The molecule has 108 valence electrons. The molecule has 1 atom stereocenters. The molecule has 0 fully saturated rings. The van der Waals surface area contributed by atoms with Crippen LogP contribution >= 0.6 is 0 Å². The van der Waals surface area contributed by atoms with Crippen LogP contribution in [0.15, 0.2) is 54.9 Å². The van der Waals surface area contributed by atoms with Gasteiger partial charge in [-0.15, -0.1) is 0 Å². The third-order valence-corrected chi connectivity index (χ3v) is 3.46. The number of rotatable bonds is 7. The fraction of sp³-hybridized carbons (Fsp3) is 0.278. The van der Waals surface area contributed by atoms with Crippen LogP contribution in [0.2, 0.25) is 0 Å². The zero-order chi connectivity index (χ0) is 15.1. The van der Waals surface area contributed by atoms with E-state index in [1.54, 1.807) is 30.6 Å². The maximum Gasteiger partial charge on any atom is 0.163 e. The Hall–Kier alpha value is -2.29. The maximum atomic E-state index is 12.4. The predicted octanol–water partition coefficient (Wildman–Crippen LogP) is 3.81. The molecule has 0 aliphatic heterocycles. The minimum Gasteiger partial charge on any atom is -0.299 e. The summed E-state index contributed by atoms with van der Waals surface area (Å²) in [5, 5.41) is 0. The molecule has 0 N–H and O–H groups in total. The Morgan fingerprint density at radius 3 is 2.48 bits per heavy atom. The minimum absolute atomic E-state index is 0.00564. The van der Waals surface area contributed by atoms with Crippen molar-refractivity contribution >= 4 is 11.6 Å². The number of pyridine rings is 1. The van der Waals surface area contributed by atoms with Gasteiger partial charge < -0.3 is 0 Å². The summed E-state index contributed by atoms with van der Waals surface area (Å²) in [7, 11) is 0. The van der Waals surface area contributed by atoms with Crippen LogP contribution in [0, 0.1) is 0 Å². The Bertz CT molecular complexity index is 593. The summed E-state index contributed by atoms with van der Waals surface area (Å²) >= 11 is 0. The van der Waals surface area contributed by atoms with Crippen LogP contribution in [0.4, 0.5) is 0 Å². The number of benzene rings is 1. The third kappa shape index (κ3) is 4.09. The van der Waals surface area contributed by atoms with Crippen molar-refractivity contribution < 1.29 is 9.59 Å². The Morgan fingerprint density at radius 1 is 1.10 bits per heavy atom. The topological polar surface area (TPSA) is 47.0 Å². The summed E-state index contributed by atoms with van der Waals surface area (Å²) in [5.74, 6) is -0.296. The van der Waals surface area contributed by atoms with E-state index in [-0.39, 0.29) is 18.0 Å². The van der Waals surface area contributed by atoms with Gasteiger partial charge in [0.05, 0.1) is 5.92 Å². The van der Waals surface area contributed by atoms with Gasteiger partial charge in [0.25, 0.3) is 0 Å². The highest BCUT2D eigenvalue weighted by Gasteiger charge is 2.23. The van der Waals surface area contributed by atoms with E-state index >= 15 is 0 Å². The molecule has 0 spiro atoms. The van der Waals surface area contributed by atoms with Crippen molar-refractivity contribution in [2.75, 3.05) is 0 Å². The average molecular weight is 281 g/mol. The van der Waals surface area contributed by atoms with E-state index in [9.17, 15) is 9.59 Å². The summed E-state index contributed by atoms with van der Waals surface area (Å²) in [6, 6.07) is 12.8. The van der Waals surface area contributed by atoms with Crippen molar-refractivity contribution in [3.05, 3.63) is 66.0 Å². The number of ketones is 2. The first-order valence-corrected chi connectivity index (χ1v) is 7.23. The van der Waals surface area contributed by atoms with Gasteiger partial charge in [-0.1, -0.05) is 43.3 Å². The molecule has 1 aromatic heterocycles. The van der Waals surface area contributed by atoms with E-state index in [0.29, 0.717) is 12.0 Å². The van der Waals surface area contributed by atoms with E-state index in [1.807, 2.05) is 31.2 Å². The molecule has 0 saturated heterocycles. The molecule has 2 rings (SSSR count).